The molecule has 1 fully saturated rings. The first-order valence-electron chi connectivity index (χ1n) is 6.30. The summed E-state index contributed by atoms with van der Waals surface area (Å²) in [6.07, 6.45) is 6.75. The first-order valence-corrected chi connectivity index (χ1v) is 6.30. The minimum absolute atomic E-state index is 0.516. The van der Waals surface area contributed by atoms with Crippen molar-refractivity contribution in [3.8, 4) is 0 Å². The molecule has 0 aromatic heterocycles. The van der Waals surface area contributed by atoms with Crippen molar-refractivity contribution >= 4 is 0 Å². The third-order valence-corrected chi connectivity index (χ3v) is 4.15. The second kappa shape index (κ2) is 5.86. The number of ether oxygens (including phenoxy) is 1. The lowest BCUT2D eigenvalue weighted by Gasteiger charge is -2.38. The Balaban J connectivity index is 2.53. The maximum Gasteiger partial charge on any atom is 0.0465 e. The van der Waals surface area contributed by atoms with Gasteiger partial charge in [-0.25, -0.2) is 0 Å². The highest BCUT2D eigenvalue weighted by atomic mass is 16.5. The number of hydrogen-bond donors (Lipinski definition) is 1. The zero-order valence-corrected chi connectivity index (χ0v) is 10.8. The lowest BCUT2D eigenvalue weighted by molar-refractivity contribution is 0.129. The van der Waals surface area contributed by atoms with E-state index in [0.29, 0.717) is 17.4 Å². The van der Waals surface area contributed by atoms with Crippen LogP contribution in [0, 0.1) is 11.3 Å². The first-order chi connectivity index (χ1) is 7.14. The third kappa shape index (κ3) is 3.18. The first kappa shape index (κ1) is 13.0. The van der Waals surface area contributed by atoms with E-state index in [1.54, 1.807) is 7.11 Å². The van der Waals surface area contributed by atoms with Crippen LogP contribution in [0.1, 0.15) is 46.0 Å². The highest BCUT2D eigenvalue weighted by Gasteiger charge is 2.38. The van der Waals surface area contributed by atoms with Crippen LogP contribution in [0.15, 0.2) is 0 Å². The van der Waals surface area contributed by atoms with E-state index in [-0.39, 0.29) is 0 Å². The van der Waals surface area contributed by atoms with E-state index in [0.717, 1.165) is 13.0 Å². The van der Waals surface area contributed by atoms with E-state index in [9.17, 15) is 0 Å². The summed E-state index contributed by atoms with van der Waals surface area (Å²) in [5.41, 5.74) is 0.516. The fourth-order valence-corrected chi connectivity index (χ4v) is 3.28. The smallest absolute Gasteiger partial charge is 0.0465 e. The van der Waals surface area contributed by atoms with Crippen LogP contribution in [0.3, 0.4) is 0 Å². The SMILES string of the molecule is CNC(C(C)CCOC)C1(C)CCCC1. The summed E-state index contributed by atoms with van der Waals surface area (Å²) in [5.74, 6) is 0.707. The van der Waals surface area contributed by atoms with Gasteiger partial charge in [-0.2, -0.15) is 0 Å². The van der Waals surface area contributed by atoms with Gasteiger partial charge in [-0.05, 0) is 37.6 Å². The normalized spacial score (nSPS) is 24.0. The molecule has 90 valence electrons. The summed E-state index contributed by atoms with van der Waals surface area (Å²) in [6.45, 7) is 5.68. The molecule has 1 aliphatic rings. The molecular weight excluding hydrogens is 186 g/mol. The van der Waals surface area contributed by atoms with E-state index in [1.165, 1.54) is 25.7 Å². The largest absolute Gasteiger partial charge is 0.385 e. The van der Waals surface area contributed by atoms with Crippen LogP contribution in [-0.4, -0.2) is 26.8 Å². The molecule has 0 aromatic carbocycles. The molecule has 2 atom stereocenters. The van der Waals surface area contributed by atoms with Crippen molar-refractivity contribution in [1.29, 1.82) is 0 Å². The summed E-state index contributed by atoms with van der Waals surface area (Å²) in [4.78, 5) is 0. The molecule has 2 nitrogen and oxygen atoms in total. The summed E-state index contributed by atoms with van der Waals surface area (Å²) < 4.78 is 5.17. The van der Waals surface area contributed by atoms with Gasteiger partial charge in [0.1, 0.15) is 0 Å². The number of hydrogen-bond acceptors (Lipinski definition) is 2. The van der Waals surface area contributed by atoms with Crippen molar-refractivity contribution in [2.45, 2.75) is 52.0 Å². The molecular formula is C13H27NO. The van der Waals surface area contributed by atoms with Crippen molar-refractivity contribution in [2.24, 2.45) is 11.3 Å². The van der Waals surface area contributed by atoms with Crippen molar-refractivity contribution in [3.05, 3.63) is 0 Å². The molecule has 0 heterocycles. The third-order valence-electron chi connectivity index (χ3n) is 4.15. The predicted octanol–water partition coefficient (Wildman–Crippen LogP) is 2.83. The highest BCUT2D eigenvalue weighted by Crippen LogP contribution is 2.43. The molecule has 0 aromatic rings. The molecule has 1 aliphatic carbocycles. The molecule has 0 spiro atoms. The van der Waals surface area contributed by atoms with Gasteiger partial charge in [0.25, 0.3) is 0 Å². The molecule has 0 radical (unpaired) electrons. The highest BCUT2D eigenvalue weighted by molar-refractivity contribution is 4.93. The molecule has 1 saturated carbocycles. The minimum Gasteiger partial charge on any atom is -0.385 e. The van der Waals surface area contributed by atoms with Gasteiger partial charge in [0.05, 0.1) is 0 Å². The molecule has 1 rings (SSSR count). The van der Waals surface area contributed by atoms with E-state index >= 15 is 0 Å². The fraction of sp³-hybridized carbons (Fsp3) is 1.00. The Bertz CT molecular complexity index is 175. The van der Waals surface area contributed by atoms with Gasteiger partial charge in [-0.1, -0.05) is 26.7 Å². The number of methoxy groups -OCH3 is 1. The number of nitrogens with one attached hydrogen (secondary N) is 1. The van der Waals surface area contributed by atoms with Crippen molar-refractivity contribution in [2.75, 3.05) is 20.8 Å². The molecule has 0 amide bonds. The van der Waals surface area contributed by atoms with Gasteiger partial charge in [0, 0.05) is 19.8 Å². The summed E-state index contributed by atoms with van der Waals surface area (Å²) in [5, 5.41) is 3.54. The zero-order valence-electron chi connectivity index (χ0n) is 10.8. The Morgan fingerprint density at radius 1 is 1.33 bits per heavy atom. The van der Waals surface area contributed by atoms with Crippen LogP contribution in [0.4, 0.5) is 0 Å². The molecule has 0 bridgehead atoms. The molecule has 2 unspecified atom stereocenters. The fourth-order valence-electron chi connectivity index (χ4n) is 3.28. The predicted molar refractivity (Wildman–Crippen MR) is 65.1 cm³/mol. The molecule has 0 aliphatic heterocycles. The monoisotopic (exact) mass is 213 g/mol. The lowest BCUT2D eigenvalue weighted by atomic mass is 9.74. The molecule has 2 heteroatoms. The maximum absolute atomic E-state index is 5.17. The second-order valence-corrected chi connectivity index (χ2v) is 5.39. The van der Waals surface area contributed by atoms with Crippen LogP contribution in [0.2, 0.25) is 0 Å². The van der Waals surface area contributed by atoms with Crippen LogP contribution >= 0.6 is 0 Å². The second-order valence-electron chi connectivity index (χ2n) is 5.39. The van der Waals surface area contributed by atoms with E-state index in [2.05, 4.69) is 26.2 Å². The van der Waals surface area contributed by atoms with Gasteiger partial charge < -0.3 is 10.1 Å². The average molecular weight is 213 g/mol. The minimum atomic E-state index is 0.516. The van der Waals surface area contributed by atoms with Crippen LogP contribution < -0.4 is 5.32 Å². The van der Waals surface area contributed by atoms with Crippen molar-refractivity contribution < 1.29 is 4.74 Å². The van der Waals surface area contributed by atoms with Gasteiger partial charge in [-0.15, -0.1) is 0 Å². The summed E-state index contributed by atoms with van der Waals surface area (Å²) in [7, 11) is 3.90. The van der Waals surface area contributed by atoms with E-state index < -0.39 is 0 Å². The Morgan fingerprint density at radius 3 is 2.40 bits per heavy atom. The topological polar surface area (TPSA) is 21.3 Å². The van der Waals surface area contributed by atoms with Gasteiger partial charge in [0.15, 0.2) is 0 Å². The van der Waals surface area contributed by atoms with E-state index in [1.807, 2.05) is 0 Å². The van der Waals surface area contributed by atoms with Crippen molar-refractivity contribution in [3.63, 3.8) is 0 Å². The Hall–Kier alpha value is -0.0800. The van der Waals surface area contributed by atoms with Crippen LogP contribution in [0.25, 0.3) is 0 Å². The van der Waals surface area contributed by atoms with Gasteiger partial charge in [-0.3, -0.25) is 0 Å². The Labute approximate surface area is 94.8 Å². The van der Waals surface area contributed by atoms with Gasteiger partial charge in [0.2, 0.25) is 0 Å². The lowest BCUT2D eigenvalue weighted by Crippen LogP contribution is -2.45. The summed E-state index contributed by atoms with van der Waals surface area (Å²) in [6, 6.07) is 0.648. The van der Waals surface area contributed by atoms with Crippen molar-refractivity contribution in [1.82, 2.24) is 5.32 Å². The standard InChI is InChI=1S/C13H27NO/c1-11(7-10-15-4)12(14-3)13(2)8-5-6-9-13/h11-12,14H,5-10H2,1-4H3. The molecule has 15 heavy (non-hydrogen) atoms. The average Bonchev–Trinajstić information content (AvgIpc) is 2.63. The van der Waals surface area contributed by atoms with Crippen LogP contribution in [0.5, 0.6) is 0 Å². The van der Waals surface area contributed by atoms with Crippen LogP contribution in [-0.2, 0) is 4.74 Å². The summed E-state index contributed by atoms with van der Waals surface area (Å²) >= 11 is 0. The Kier molecular flexibility index (Phi) is 5.07. The quantitative estimate of drug-likeness (QED) is 0.732. The zero-order chi connectivity index (χ0) is 11.3. The van der Waals surface area contributed by atoms with Gasteiger partial charge >= 0.3 is 0 Å². The molecule has 0 saturated heterocycles. The maximum atomic E-state index is 5.17. The molecule has 1 N–H and O–H groups in total. The number of rotatable bonds is 6. The van der Waals surface area contributed by atoms with E-state index in [4.69, 9.17) is 4.74 Å². The Morgan fingerprint density at radius 2 is 1.93 bits per heavy atom.